The average molecular weight is 309 g/mol. The van der Waals surface area contributed by atoms with Crippen molar-refractivity contribution in [1.82, 2.24) is 10.2 Å². The van der Waals surface area contributed by atoms with Crippen molar-refractivity contribution < 1.29 is 18.3 Å². The molecule has 8 heteroatoms. The molecule has 0 radical (unpaired) electrons. The van der Waals surface area contributed by atoms with Gasteiger partial charge in [-0.3, -0.25) is 14.6 Å². The summed E-state index contributed by atoms with van der Waals surface area (Å²) in [5.74, 6) is -0.820. The quantitative estimate of drug-likeness (QED) is 0.719. The van der Waals surface area contributed by atoms with E-state index in [0.29, 0.717) is 18.5 Å². The summed E-state index contributed by atoms with van der Waals surface area (Å²) in [4.78, 5) is 10.5. The maximum Gasteiger partial charge on any atom is 0.303 e. The zero-order chi connectivity index (χ0) is 15.3. The number of rotatable bonds is 7. The highest BCUT2D eigenvalue weighted by Crippen LogP contribution is 2.16. The van der Waals surface area contributed by atoms with E-state index in [-0.39, 0.29) is 11.3 Å². The molecule has 0 saturated heterocycles. The van der Waals surface area contributed by atoms with Crippen molar-refractivity contribution in [3.63, 3.8) is 0 Å². The van der Waals surface area contributed by atoms with Gasteiger partial charge in [0, 0.05) is 18.3 Å². The summed E-state index contributed by atoms with van der Waals surface area (Å²) in [5.41, 5.74) is 1.40. The minimum absolute atomic E-state index is 0.0630. The molecule has 0 amide bonds. The lowest BCUT2D eigenvalue weighted by Crippen LogP contribution is -2.12. The number of anilines is 1. The number of sulfonamides is 1. The topological polar surface area (TPSA) is 112 Å². The van der Waals surface area contributed by atoms with Crippen molar-refractivity contribution in [1.29, 1.82) is 0 Å². The number of aromatic nitrogens is 2. The first-order valence-corrected chi connectivity index (χ1v) is 7.78. The fourth-order valence-electron chi connectivity index (χ4n) is 1.78. The standard InChI is InChI=1S/C13H15N3O4S/c17-13(18)3-1-2-10-4-6-11(7-5-10)16-21(19,20)12-8-14-15-9-12/h4-9,16H,1-3H2,(H,14,15)(H,17,18). The Kier molecular flexibility index (Phi) is 4.59. The number of H-pyrrole nitrogens is 1. The molecule has 1 heterocycles. The fraction of sp³-hybridized carbons (Fsp3) is 0.231. The summed E-state index contributed by atoms with van der Waals surface area (Å²) in [6.07, 6.45) is 3.83. The monoisotopic (exact) mass is 309 g/mol. The Hall–Kier alpha value is -2.35. The first-order valence-electron chi connectivity index (χ1n) is 6.30. The highest BCUT2D eigenvalue weighted by molar-refractivity contribution is 7.92. The molecule has 0 aliphatic heterocycles. The Morgan fingerprint density at radius 1 is 1.29 bits per heavy atom. The van der Waals surface area contributed by atoms with Gasteiger partial charge in [-0.05, 0) is 30.5 Å². The third kappa shape index (κ3) is 4.32. The first kappa shape index (κ1) is 15.0. The first-order chi connectivity index (χ1) is 9.97. The molecule has 7 nitrogen and oxygen atoms in total. The van der Waals surface area contributed by atoms with Crippen LogP contribution in [0.1, 0.15) is 18.4 Å². The van der Waals surface area contributed by atoms with Crippen molar-refractivity contribution in [3.05, 3.63) is 42.2 Å². The molecule has 0 fully saturated rings. The summed E-state index contributed by atoms with van der Waals surface area (Å²) in [6, 6.07) is 6.84. The molecule has 0 unspecified atom stereocenters. The zero-order valence-corrected chi connectivity index (χ0v) is 11.9. The summed E-state index contributed by atoms with van der Waals surface area (Å²) in [5, 5.41) is 14.6. The van der Waals surface area contributed by atoms with Gasteiger partial charge >= 0.3 is 5.97 Å². The lowest BCUT2D eigenvalue weighted by atomic mass is 10.1. The third-order valence-electron chi connectivity index (χ3n) is 2.85. The molecule has 0 aliphatic carbocycles. The van der Waals surface area contributed by atoms with E-state index in [1.807, 2.05) is 0 Å². The van der Waals surface area contributed by atoms with Crippen LogP contribution in [-0.2, 0) is 21.2 Å². The van der Waals surface area contributed by atoms with E-state index in [1.165, 1.54) is 12.4 Å². The molecule has 1 aromatic carbocycles. The molecule has 2 aromatic rings. The Balaban J connectivity index is 1.98. The summed E-state index contributed by atoms with van der Waals surface area (Å²) in [6.45, 7) is 0. The Morgan fingerprint density at radius 3 is 2.57 bits per heavy atom. The van der Waals surface area contributed by atoms with Crippen LogP contribution in [0.3, 0.4) is 0 Å². The van der Waals surface area contributed by atoms with Crippen molar-refractivity contribution in [2.75, 3.05) is 4.72 Å². The van der Waals surface area contributed by atoms with Crippen LogP contribution in [0.15, 0.2) is 41.6 Å². The minimum Gasteiger partial charge on any atom is -0.481 e. The lowest BCUT2D eigenvalue weighted by Gasteiger charge is -2.07. The minimum atomic E-state index is -3.63. The van der Waals surface area contributed by atoms with E-state index in [1.54, 1.807) is 24.3 Å². The second kappa shape index (κ2) is 6.40. The molecule has 112 valence electrons. The third-order valence-corrected chi connectivity index (χ3v) is 4.19. The summed E-state index contributed by atoms with van der Waals surface area (Å²) >= 11 is 0. The van der Waals surface area contributed by atoms with Gasteiger partial charge < -0.3 is 5.11 Å². The highest BCUT2D eigenvalue weighted by atomic mass is 32.2. The predicted molar refractivity (Wildman–Crippen MR) is 76.4 cm³/mol. The van der Waals surface area contributed by atoms with Crippen LogP contribution in [0.2, 0.25) is 0 Å². The Labute approximate surface area is 122 Å². The smallest absolute Gasteiger partial charge is 0.303 e. The zero-order valence-electron chi connectivity index (χ0n) is 11.1. The summed E-state index contributed by atoms with van der Waals surface area (Å²) < 4.78 is 26.4. The van der Waals surface area contributed by atoms with Crippen LogP contribution < -0.4 is 4.72 Å². The van der Waals surface area contributed by atoms with Gasteiger partial charge in [0.2, 0.25) is 0 Å². The van der Waals surface area contributed by atoms with Gasteiger partial charge in [0.25, 0.3) is 10.0 Å². The van der Waals surface area contributed by atoms with E-state index >= 15 is 0 Å². The maximum atomic E-state index is 12.0. The van der Waals surface area contributed by atoms with Crippen LogP contribution in [0.25, 0.3) is 0 Å². The molecular formula is C13H15N3O4S. The number of carboxylic acids is 1. The Morgan fingerprint density at radius 2 is 2.00 bits per heavy atom. The highest BCUT2D eigenvalue weighted by Gasteiger charge is 2.14. The number of carboxylic acid groups (broad SMARTS) is 1. The fourth-order valence-corrected chi connectivity index (χ4v) is 2.75. The average Bonchev–Trinajstić information content (AvgIpc) is 2.95. The largest absolute Gasteiger partial charge is 0.481 e. The number of nitrogens with one attached hydrogen (secondary N) is 2. The van der Waals surface area contributed by atoms with Gasteiger partial charge in [-0.2, -0.15) is 5.10 Å². The van der Waals surface area contributed by atoms with Crippen molar-refractivity contribution in [2.24, 2.45) is 0 Å². The number of hydrogen-bond donors (Lipinski definition) is 3. The van der Waals surface area contributed by atoms with Crippen molar-refractivity contribution in [2.45, 2.75) is 24.2 Å². The van der Waals surface area contributed by atoms with E-state index in [9.17, 15) is 13.2 Å². The van der Waals surface area contributed by atoms with Gasteiger partial charge in [0.05, 0.1) is 6.20 Å². The molecule has 0 spiro atoms. The van der Waals surface area contributed by atoms with Gasteiger partial charge in [-0.25, -0.2) is 8.42 Å². The van der Waals surface area contributed by atoms with Crippen LogP contribution in [0, 0.1) is 0 Å². The van der Waals surface area contributed by atoms with Crippen LogP contribution in [0.4, 0.5) is 5.69 Å². The molecule has 3 N–H and O–H groups in total. The number of nitrogens with zero attached hydrogens (tertiary/aromatic N) is 1. The second-order valence-corrected chi connectivity index (χ2v) is 6.17. The molecule has 0 aliphatic rings. The number of aliphatic carboxylic acids is 1. The SMILES string of the molecule is O=C(O)CCCc1ccc(NS(=O)(=O)c2cn[nH]c2)cc1. The predicted octanol–water partition coefficient (Wildman–Crippen LogP) is 1.62. The van der Waals surface area contributed by atoms with E-state index < -0.39 is 16.0 Å². The van der Waals surface area contributed by atoms with E-state index in [0.717, 1.165) is 5.56 Å². The molecule has 2 rings (SSSR count). The maximum absolute atomic E-state index is 12.0. The molecule has 1 aromatic heterocycles. The molecule has 0 saturated carbocycles. The number of carbonyl (C=O) groups is 1. The van der Waals surface area contributed by atoms with Gasteiger partial charge in [0.15, 0.2) is 0 Å². The number of aromatic amines is 1. The van der Waals surface area contributed by atoms with Crippen LogP contribution in [-0.4, -0.2) is 29.7 Å². The number of benzene rings is 1. The van der Waals surface area contributed by atoms with Gasteiger partial charge in [-0.1, -0.05) is 12.1 Å². The normalized spacial score (nSPS) is 11.2. The van der Waals surface area contributed by atoms with Crippen LogP contribution in [0.5, 0.6) is 0 Å². The molecular weight excluding hydrogens is 294 g/mol. The van der Waals surface area contributed by atoms with Crippen molar-refractivity contribution in [3.8, 4) is 0 Å². The van der Waals surface area contributed by atoms with Gasteiger partial charge in [0.1, 0.15) is 4.90 Å². The lowest BCUT2D eigenvalue weighted by molar-refractivity contribution is -0.137. The van der Waals surface area contributed by atoms with E-state index in [2.05, 4.69) is 14.9 Å². The second-order valence-electron chi connectivity index (χ2n) is 4.48. The molecule has 0 atom stereocenters. The Bertz CT molecular complexity index is 694. The number of hydrogen-bond acceptors (Lipinski definition) is 4. The molecule has 0 bridgehead atoms. The van der Waals surface area contributed by atoms with Crippen molar-refractivity contribution >= 4 is 21.7 Å². The van der Waals surface area contributed by atoms with Crippen LogP contribution >= 0.6 is 0 Å². The summed E-state index contributed by atoms with van der Waals surface area (Å²) in [7, 11) is -3.63. The molecule has 21 heavy (non-hydrogen) atoms. The van der Waals surface area contributed by atoms with Gasteiger partial charge in [-0.15, -0.1) is 0 Å². The van der Waals surface area contributed by atoms with E-state index in [4.69, 9.17) is 5.11 Å². The number of aryl methyl sites for hydroxylation is 1.